The van der Waals surface area contributed by atoms with Gasteiger partial charge in [0.1, 0.15) is 5.69 Å². The van der Waals surface area contributed by atoms with Crippen LogP contribution in [0.25, 0.3) is 11.1 Å². The first-order valence-corrected chi connectivity index (χ1v) is 10.2. The molecular formula is C23H24N6O. The molecule has 7 nitrogen and oxygen atoms in total. The van der Waals surface area contributed by atoms with E-state index in [1.807, 2.05) is 48.5 Å². The molecule has 1 saturated heterocycles. The zero-order chi connectivity index (χ0) is 20.3. The average molecular weight is 400 g/mol. The van der Waals surface area contributed by atoms with Crippen LogP contribution in [0.15, 0.2) is 77.9 Å². The molecule has 0 aliphatic carbocycles. The van der Waals surface area contributed by atoms with Crippen LogP contribution < -0.4 is 26.0 Å². The fourth-order valence-electron chi connectivity index (χ4n) is 3.84. The van der Waals surface area contributed by atoms with Crippen molar-refractivity contribution in [3.63, 3.8) is 0 Å². The number of guanidine groups is 1. The maximum atomic E-state index is 12.5. The summed E-state index contributed by atoms with van der Waals surface area (Å²) in [5, 5.41) is 26.3. The van der Waals surface area contributed by atoms with Crippen LogP contribution in [-0.2, 0) is 0 Å². The van der Waals surface area contributed by atoms with Gasteiger partial charge in [0.25, 0.3) is 5.96 Å². The van der Waals surface area contributed by atoms with Gasteiger partial charge in [0.15, 0.2) is 5.69 Å². The van der Waals surface area contributed by atoms with E-state index in [4.69, 9.17) is 0 Å². The Morgan fingerprint density at radius 1 is 0.900 bits per heavy atom. The second-order valence-corrected chi connectivity index (χ2v) is 7.43. The highest BCUT2D eigenvalue weighted by Crippen LogP contribution is 2.28. The fraction of sp³-hybridized carbons (Fsp3) is 0.174. The Balaban J connectivity index is 1.32. The number of fused-ring (bicyclic) bond motifs is 1. The van der Waals surface area contributed by atoms with E-state index in [9.17, 15) is 5.21 Å². The fourth-order valence-corrected chi connectivity index (χ4v) is 3.84. The van der Waals surface area contributed by atoms with Crippen LogP contribution in [-0.4, -0.2) is 32.1 Å². The number of hydrogen-bond acceptors (Lipinski definition) is 6. The van der Waals surface area contributed by atoms with Gasteiger partial charge in [-0.3, -0.25) is 0 Å². The van der Waals surface area contributed by atoms with Gasteiger partial charge in [0.2, 0.25) is 0 Å². The van der Waals surface area contributed by atoms with Crippen LogP contribution in [0.2, 0.25) is 0 Å². The van der Waals surface area contributed by atoms with E-state index in [1.165, 1.54) is 5.69 Å². The van der Waals surface area contributed by atoms with E-state index in [2.05, 4.69) is 50.2 Å². The number of anilines is 3. The lowest BCUT2D eigenvalue weighted by atomic mass is 10.0. The van der Waals surface area contributed by atoms with Gasteiger partial charge in [-0.1, -0.05) is 30.3 Å². The van der Waals surface area contributed by atoms with Crippen LogP contribution in [0.1, 0.15) is 0 Å². The lowest BCUT2D eigenvalue weighted by Crippen LogP contribution is -2.98. The molecular weight excluding hydrogens is 376 g/mol. The monoisotopic (exact) mass is 400 g/mol. The third-order valence-corrected chi connectivity index (χ3v) is 5.44. The van der Waals surface area contributed by atoms with Crippen molar-refractivity contribution in [2.45, 2.75) is 0 Å². The molecule has 5 rings (SSSR count). The third kappa shape index (κ3) is 3.86. The first-order valence-electron chi connectivity index (χ1n) is 10.2. The largest absolute Gasteiger partial charge is 0.601 e. The summed E-state index contributed by atoms with van der Waals surface area (Å²) in [4.78, 5) is 2.36. The highest BCUT2D eigenvalue weighted by atomic mass is 16.5. The molecule has 2 heterocycles. The lowest BCUT2D eigenvalue weighted by Gasteiger charge is -2.29. The van der Waals surface area contributed by atoms with Crippen molar-refractivity contribution in [1.82, 2.24) is 5.32 Å². The molecule has 2 aliphatic heterocycles. The smallest absolute Gasteiger partial charge is 0.260 e. The number of hydrogen-bond donors (Lipinski definition) is 4. The molecule has 1 atom stereocenters. The number of piperazine rings is 1. The second kappa shape index (κ2) is 8.16. The standard InChI is InChI=1S/C23H24N6O/c30-29-22-11-6-18(17-4-2-1-3-5-17)16-21(22)26-23(27-29)25-19-7-9-20(10-8-19)28-14-12-24-13-15-28/h1-11,16,24,29H,12-15H2,(H2,25,26,27). The molecule has 3 aromatic carbocycles. The van der Waals surface area contributed by atoms with Crippen molar-refractivity contribution in [3.05, 3.63) is 78.0 Å². The van der Waals surface area contributed by atoms with Crippen molar-refractivity contribution >= 4 is 28.7 Å². The Labute approximate surface area is 175 Å². The molecule has 1 fully saturated rings. The van der Waals surface area contributed by atoms with Gasteiger partial charge in [-0.15, -0.1) is 0 Å². The topological polar surface area (TPSA) is 79.2 Å². The van der Waals surface area contributed by atoms with Crippen LogP contribution in [0.4, 0.5) is 22.7 Å². The summed E-state index contributed by atoms with van der Waals surface area (Å²) >= 11 is 0. The molecule has 0 saturated carbocycles. The molecule has 3 aromatic rings. The molecule has 0 radical (unpaired) electrons. The third-order valence-electron chi connectivity index (χ3n) is 5.44. The Hall–Kier alpha value is -3.39. The van der Waals surface area contributed by atoms with Crippen molar-refractivity contribution in [2.24, 2.45) is 5.10 Å². The van der Waals surface area contributed by atoms with E-state index < -0.39 is 0 Å². The molecule has 1 unspecified atom stereocenters. The number of nitrogens with zero attached hydrogens (tertiary/aromatic N) is 2. The maximum absolute atomic E-state index is 12.5. The van der Waals surface area contributed by atoms with Crippen molar-refractivity contribution in [2.75, 3.05) is 41.7 Å². The highest BCUT2D eigenvalue weighted by molar-refractivity contribution is 6.05. The minimum atomic E-state index is -0.247. The molecule has 4 N–H and O–H groups in total. The normalized spacial score (nSPS) is 18.2. The van der Waals surface area contributed by atoms with Gasteiger partial charge in [0.05, 0.1) is 0 Å². The zero-order valence-corrected chi connectivity index (χ0v) is 16.6. The van der Waals surface area contributed by atoms with E-state index in [0.717, 1.165) is 48.7 Å². The SMILES string of the molecule is [O-][NH+]1N=C(Nc2ccc(N3CCNCC3)cc2)Nc2cc(-c3ccccc3)ccc21. The van der Waals surface area contributed by atoms with Gasteiger partial charge in [-0.05, 0) is 52.6 Å². The van der Waals surface area contributed by atoms with Crippen molar-refractivity contribution in [3.8, 4) is 11.1 Å². The van der Waals surface area contributed by atoms with E-state index in [-0.39, 0.29) is 5.17 Å². The molecule has 0 bridgehead atoms. The first-order chi connectivity index (χ1) is 14.8. The molecule has 152 valence electrons. The summed E-state index contributed by atoms with van der Waals surface area (Å²) in [7, 11) is 0. The van der Waals surface area contributed by atoms with E-state index in [1.54, 1.807) is 0 Å². The molecule has 7 heteroatoms. The Morgan fingerprint density at radius 2 is 1.67 bits per heavy atom. The number of rotatable bonds is 3. The Morgan fingerprint density at radius 3 is 2.43 bits per heavy atom. The quantitative estimate of drug-likeness (QED) is 0.509. The van der Waals surface area contributed by atoms with Crippen LogP contribution in [0.3, 0.4) is 0 Å². The van der Waals surface area contributed by atoms with Gasteiger partial charge >= 0.3 is 0 Å². The summed E-state index contributed by atoms with van der Waals surface area (Å²) in [6.45, 7) is 4.03. The summed E-state index contributed by atoms with van der Waals surface area (Å²) in [5.74, 6) is 0.438. The summed E-state index contributed by atoms with van der Waals surface area (Å²) in [6, 6.07) is 24.1. The van der Waals surface area contributed by atoms with Gasteiger partial charge in [0, 0.05) is 43.6 Å². The Kier molecular flexibility index (Phi) is 5.06. The number of quaternary nitrogens is 1. The van der Waals surface area contributed by atoms with Crippen LogP contribution in [0, 0.1) is 5.21 Å². The zero-order valence-electron chi connectivity index (χ0n) is 16.6. The Bertz CT molecular complexity index is 1050. The van der Waals surface area contributed by atoms with Crippen molar-refractivity contribution in [1.29, 1.82) is 0 Å². The maximum Gasteiger partial charge on any atom is 0.260 e. The van der Waals surface area contributed by atoms with Gasteiger partial charge in [-0.25, -0.2) is 5.17 Å². The summed E-state index contributed by atoms with van der Waals surface area (Å²) < 4.78 is 0. The van der Waals surface area contributed by atoms with Crippen LogP contribution in [0.5, 0.6) is 0 Å². The van der Waals surface area contributed by atoms with Gasteiger partial charge in [-0.2, -0.15) is 0 Å². The molecule has 2 aliphatic rings. The summed E-state index contributed by atoms with van der Waals surface area (Å²) in [5.41, 5.74) is 5.59. The number of nitrogens with one attached hydrogen (secondary N) is 4. The first kappa shape index (κ1) is 18.6. The van der Waals surface area contributed by atoms with Crippen LogP contribution >= 0.6 is 0 Å². The lowest BCUT2D eigenvalue weighted by molar-refractivity contribution is -0.783. The molecule has 0 amide bonds. The predicted molar refractivity (Wildman–Crippen MR) is 122 cm³/mol. The predicted octanol–water partition coefficient (Wildman–Crippen LogP) is 2.59. The number of benzene rings is 3. The molecule has 0 spiro atoms. The minimum Gasteiger partial charge on any atom is -0.601 e. The average Bonchev–Trinajstić information content (AvgIpc) is 2.80. The summed E-state index contributed by atoms with van der Waals surface area (Å²) in [6.07, 6.45) is 0. The van der Waals surface area contributed by atoms with Gasteiger partial charge < -0.3 is 26.1 Å². The molecule has 0 aromatic heterocycles. The van der Waals surface area contributed by atoms with E-state index >= 15 is 0 Å². The highest BCUT2D eigenvalue weighted by Gasteiger charge is 2.20. The second-order valence-electron chi connectivity index (χ2n) is 7.43. The minimum absolute atomic E-state index is 0.247. The van der Waals surface area contributed by atoms with Crippen molar-refractivity contribution < 1.29 is 5.17 Å². The molecule has 30 heavy (non-hydrogen) atoms. The van der Waals surface area contributed by atoms with E-state index in [0.29, 0.717) is 11.6 Å².